The molecule has 2 N–H and O–H groups in total. The summed E-state index contributed by atoms with van der Waals surface area (Å²) in [5, 5.41) is 10.7. The van der Waals surface area contributed by atoms with Crippen molar-refractivity contribution in [2.75, 3.05) is 26.7 Å². The molecule has 1 atom stereocenters. The van der Waals surface area contributed by atoms with Crippen molar-refractivity contribution in [2.45, 2.75) is 45.2 Å². The fourth-order valence-electron chi connectivity index (χ4n) is 2.84. The fraction of sp³-hybridized carbons (Fsp3) is 0.800. The van der Waals surface area contributed by atoms with Gasteiger partial charge in [-0.15, -0.1) is 0 Å². The Hall–Kier alpha value is -1.63. The van der Waals surface area contributed by atoms with Crippen LogP contribution in [0.4, 0.5) is 0 Å². The van der Waals surface area contributed by atoms with E-state index < -0.39 is 0 Å². The third kappa shape index (κ3) is 4.98. The first-order valence-electron chi connectivity index (χ1n) is 8.22. The van der Waals surface area contributed by atoms with Gasteiger partial charge in [-0.2, -0.15) is 5.10 Å². The fourth-order valence-corrected chi connectivity index (χ4v) is 2.84. The van der Waals surface area contributed by atoms with Crippen LogP contribution < -0.4 is 10.6 Å². The number of aliphatic imine (C=N–C) groups is 1. The smallest absolute Gasteiger partial charge is 0.191 e. The van der Waals surface area contributed by atoms with Crippen LogP contribution in [0.2, 0.25) is 0 Å². The molecule has 1 aliphatic heterocycles. The van der Waals surface area contributed by atoms with Crippen molar-refractivity contribution in [3.8, 4) is 0 Å². The normalized spacial score (nSPS) is 20.1. The monoisotopic (exact) mass is 307 g/mol. The molecule has 7 heteroatoms. The zero-order chi connectivity index (χ0) is 15.8. The molecule has 124 valence electrons. The molecular formula is C15H29N7. The number of piperidine rings is 1. The van der Waals surface area contributed by atoms with Crippen LogP contribution in [0.25, 0.3) is 0 Å². The molecule has 1 aromatic heterocycles. The number of rotatable bonds is 6. The number of nitrogens with zero attached hydrogens (tertiary/aromatic N) is 5. The maximum atomic E-state index is 4.24. The first-order chi connectivity index (χ1) is 10.7. The molecule has 0 amide bonds. The SMILES string of the molecule is CN=C(NCCCN1CCCCC1C)NCc1ncnn1C. The number of aryl methyl sites for hydroxylation is 1. The molecule has 0 aliphatic carbocycles. The van der Waals surface area contributed by atoms with Crippen LogP contribution >= 0.6 is 0 Å². The molecule has 7 nitrogen and oxygen atoms in total. The molecule has 2 heterocycles. The van der Waals surface area contributed by atoms with Crippen LogP contribution in [0.1, 0.15) is 38.4 Å². The molecule has 0 saturated carbocycles. The maximum Gasteiger partial charge on any atom is 0.191 e. The van der Waals surface area contributed by atoms with Gasteiger partial charge in [0.2, 0.25) is 0 Å². The van der Waals surface area contributed by atoms with Crippen molar-refractivity contribution in [3.63, 3.8) is 0 Å². The Kier molecular flexibility index (Phi) is 6.64. The molecule has 0 bridgehead atoms. The van der Waals surface area contributed by atoms with Crippen molar-refractivity contribution < 1.29 is 0 Å². The summed E-state index contributed by atoms with van der Waals surface area (Å²) in [7, 11) is 3.68. The quantitative estimate of drug-likeness (QED) is 0.461. The molecule has 1 saturated heterocycles. The number of aromatic nitrogens is 3. The van der Waals surface area contributed by atoms with E-state index in [0.29, 0.717) is 6.54 Å². The van der Waals surface area contributed by atoms with Gasteiger partial charge in [0.1, 0.15) is 12.2 Å². The summed E-state index contributed by atoms with van der Waals surface area (Å²) in [4.78, 5) is 11.0. The van der Waals surface area contributed by atoms with Crippen molar-refractivity contribution in [3.05, 3.63) is 12.2 Å². The van der Waals surface area contributed by atoms with E-state index in [9.17, 15) is 0 Å². The average molecular weight is 307 g/mol. The van der Waals surface area contributed by atoms with Crippen LogP contribution in [0, 0.1) is 0 Å². The average Bonchev–Trinajstić information content (AvgIpc) is 2.93. The molecule has 0 spiro atoms. The van der Waals surface area contributed by atoms with Crippen molar-refractivity contribution in [2.24, 2.45) is 12.0 Å². The Bertz CT molecular complexity index is 468. The second-order valence-electron chi connectivity index (χ2n) is 5.89. The summed E-state index contributed by atoms with van der Waals surface area (Å²) in [6, 6.07) is 0.738. The Morgan fingerprint density at radius 1 is 1.41 bits per heavy atom. The predicted molar refractivity (Wildman–Crippen MR) is 88.7 cm³/mol. The Balaban J connectivity index is 1.63. The highest BCUT2D eigenvalue weighted by molar-refractivity contribution is 5.79. The molecule has 22 heavy (non-hydrogen) atoms. The zero-order valence-corrected chi connectivity index (χ0v) is 14.0. The molecule has 1 aliphatic rings. The van der Waals surface area contributed by atoms with E-state index in [4.69, 9.17) is 0 Å². The molecular weight excluding hydrogens is 278 g/mol. The van der Waals surface area contributed by atoms with Gasteiger partial charge in [-0.1, -0.05) is 6.42 Å². The highest BCUT2D eigenvalue weighted by Crippen LogP contribution is 2.15. The van der Waals surface area contributed by atoms with Crippen LogP contribution in [-0.2, 0) is 13.6 Å². The topological polar surface area (TPSA) is 70.4 Å². The minimum atomic E-state index is 0.624. The third-order valence-corrected chi connectivity index (χ3v) is 4.30. The highest BCUT2D eigenvalue weighted by Gasteiger charge is 2.17. The Labute approximate surface area is 133 Å². The summed E-state index contributed by atoms with van der Waals surface area (Å²) < 4.78 is 1.76. The lowest BCUT2D eigenvalue weighted by Gasteiger charge is -2.33. The molecule has 1 aromatic rings. The van der Waals surface area contributed by atoms with Crippen LogP contribution in [-0.4, -0.2) is 58.3 Å². The summed E-state index contributed by atoms with van der Waals surface area (Å²) in [6.07, 6.45) is 6.77. The lowest BCUT2D eigenvalue weighted by Crippen LogP contribution is -2.41. The zero-order valence-electron chi connectivity index (χ0n) is 14.0. The van der Waals surface area contributed by atoms with Gasteiger partial charge in [0.15, 0.2) is 5.96 Å². The third-order valence-electron chi connectivity index (χ3n) is 4.30. The van der Waals surface area contributed by atoms with E-state index in [0.717, 1.165) is 37.3 Å². The second-order valence-corrected chi connectivity index (χ2v) is 5.89. The van der Waals surface area contributed by atoms with E-state index in [1.165, 1.54) is 25.8 Å². The minimum Gasteiger partial charge on any atom is -0.356 e. The first-order valence-corrected chi connectivity index (χ1v) is 8.22. The molecule has 0 aromatic carbocycles. The number of hydrogen-bond acceptors (Lipinski definition) is 4. The molecule has 2 rings (SSSR count). The second kappa shape index (κ2) is 8.73. The Morgan fingerprint density at radius 2 is 2.27 bits per heavy atom. The summed E-state index contributed by atoms with van der Waals surface area (Å²) in [6.45, 7) is 6.31. The van der Waals surface area contributed by atoms with E-state index in [-0.39, 0.29) is 0 Å². The van der Waals surface area contributed by atoms with Crippen LogP contribution in [0.15, 0.2) is 11.3 Å². The van der Waals surface area contributed by atoms with Crippen LogP contribution in [0.5, 0.6) is 0 Å². The minimum absolute atomic E-state index is 0.624. The summed E-state index contributed by atoms with van der Waals surface area (Å²) >= 11 is 0. The standard InChI is InChI=1S/C15H29N7/c1-13-7-4-5-9-22(13)10-6-8-17-15(16-2)18-11-14-19-12-20-21(14)3/h12-13H,4-11H2,1-3H3,(H2,16,17,18). The summed E-state index contributed by atoms with van der Waals surface area (Å²) in [5.74, 6) is 1.71. The van der Waals surface area contributed by atoms with Gasteiger partial charge >= 0.3 is 0 Å². The van der Waals surface area contributed by atoms with Gasteiger partial charge in [-0.3, -0.25) is 9.67 Å². The number of hydrogen-bond donors (Lipinski definition) is 2. The maximum absolute atomic E-state index is 4.24. The number of likely N-dealkylation sites (tertiary alicyclic amines) is 1. The van der Waals surface area contributed by atoms with Gasteiger partial charge < -0.3 is 15.5 Å². The lowest BCUT2D eigenvalue weighted by molar-refractivity contribution is 0.159. The van der Waals surface area contributed by atoms with Gasteiger partial charge in [0.05, 0.1) is 6.54 Å². The van der Waals surface area contributed by atoms with Gasteiger partial charge in [0.25, 0.3) is 0 Å². The Morgan fingerprint density at radius 3 is 2.95 bits per heavy atom. The first kappa shape index (κ1) is 16.7. The van der Waals surface area contributed by atoms with Crippen molar-refractivity contribution in [1.29, 1.82) is 0 Å². The molecule has 0 radical (unpaired) electrons. The van der Waals surface area contributed by atoms with Gasteiger partial charge in [0, 0.05) is 33.2 Å². The largest absolute Gasteiger partial charge is 0.356 e. The van der Waals surface area contributed by atoms with E-state index in [1.807, 2.05) is 7.05 Å². The number of guanidine groups is 1. The van der Waals surface area contributed by atoms with E-state index >= 15 is 0 Å². The molecule has 1 fully saturated rings. The predicted octanol–water partition coefficient (Wildman–Crippen LogP) is 0.745. The number of nitrogens with one attached hydrogen (secondary N) is 2. The summed E-state index contributed by atoms with van der Waals surface area (Å²) in [5.41, 5.74) is 0. The highest BCUT2D eigenvalue weighted by atomic mass is 15.3. The van der Waals surface area contributed by atoms with E-state index in [1.54, 1.807) is 18.1 Å². The van der Waals surface area contributed by atoms with E-state index in [2.05, 4.69) is 37.5 Å². The van der Waals surface area contributed by atoms with Gasteiger partial charge in [-0.25, -0.2) is 4.98 Å². The molecule has 1 unspecified atom stereocenters. The van der Waals surface area contributed by atoms with Crippen molar-refractivity contribution in [1.82, 2.24) is 30.3 Å². The van der Waals surface area contributed by atoms with Crippen molar-refractivity contribution >= 4 is 5.96 Å². The van der Waals surface area contributed by atoms with Crippen LogP contribution in [0.3, 0.4) is 0 Å². The lowest BCUT2D eigenvalue weighted by atomic mass is 10.0. The van der Waals surface area contributed by atoms with Gasteiger partial charge in [-0.05, 0) is 32.7 Å².